The number of ketones is 1. The molecule has 0 fully saturated rings. The number of aromatic nitrogens is 1. The van der Waals surface area contributed by atoms with Crippen LogP contribution in [-0.4, -0.2) is 22.5 Å². The van der Waals surface area contributed by atoms with Crippen molar-refractivity contribution in [1.82, 2.24) is 10.3 Å². The summed E-state index contributed by atoms with van der Waals surface area (Å²) in [5.74, 6) is -0.788. The largest absolute Gasteiger partial charge is 0.444 e. The Morgan fingerprint density at radius 1 is 1.17 bits per heavy atom. The summed E-state index contributed by atoms with van der Waals surface area (Å²) >= 11 is 0. The number of rotatable bonds is 4. The Labute approximate surface area is 139 Å². The second-order valence-electron chi connectivity index (χ2n) is 6.24. The molecule has 1 aromatic carbocycles. The number of amides is 1. The number of hydrogen-bond donors (Lipinski definition) is 1. The minimum Gasteiger partial charge on any atom is -0.444 e. The zero-order valence-corrected chi connectivity index (χ0v) is 13.7. The van der Waals surface area contributed by atoms with Crippen LogP contribution >= 0.6 is 0 Å². The number of pyridine rings is 1. The number of carbonyl (C=O) groups is 2. The van der Waals surface area contributed by atoms with Gasteiger partial charge in [-0.2, -0.15) is 0 Å². The molecule has 6 heteroatoms. The van der Waals surface area contributed by atoms with Crippen molar-refractivity contribution in [1.29, 1.82) is 0 Å². The lowest BCUT2D eigenvalue weighted by molar-refractivity contribution is 0.0490. The Morgan fingerprint density at radius 2 is 1.83 bits per heavy atom. The normalized spacial score (nSPS) is 12.3. The van der Waals surface area contributed by atoms with Gasteiger partial charge in [-0.05, 0) is 50.6 Å². The molecule has 0 radical (unpaired) electrons. The van der Waals surface area contributed by atoms with Gasteiger partial charge >= 0.3 is 6.09 Å². The molecule has 24 heavy (non-hydrogen) atoms. The van der Waals surface area contributed by atoms with Gasteiger partial charge in [-0.15, -0.1) is 0 Å². The minimum absolute atomic E-state index is 0.336. The van der Waals surface area contributed by atoms with E-state index in [2.05, 4.69) is 10.3 Å². The molecule has 0 saturated carbocycles. The van der Waals surface area contributed by atoms with E-state index in [1.807, 2.05) is 0 Å². The molecule has 126 valence electrons. The van der Waals surface area contributed by atoms with Gasteiger partial charge in [-0.1, -0.05) is 12.1 Å². The standard InChI is InChI=1S/C18H19FN2O3/c1-18(2,3)24-17(23)21-15(12-6-8-14(19)9-7-12)16(22)13-5-4-10-20-11-13/h4-11,15H,1-3H3,(H,21,23). The molecule has 1 unspecified atom stereocenters. The number of halogens is 1. The average Bonchev–Trinajstić information content (AvgIpc) is 2.52. The van der Waals surface area contributed by atoms with Gasteiger partial charge in [0.2, 0.25) is 0 Å². The topological polar surface area (TPSA) is 68.3 Å². The lowest BCUT2D eigenvalue weighted by Crippen LogP contribution is -2.38. The zero-order chi connectivity index (χ0) is 17.7. The summed E-state index contributed by atoms with van der Waals surface area (Å²) in [6, 6.07) is 7.60. The molecule has 1 heterocycles. The van der Waals surface area contributed by atoms with Crippen LogP contribution < -0.4 is 5.32 Å². The summed E-state index contributed by atoms with van der Waals surface area (Å²) in [5.41, 5.74) is 0.0911. The van der Waals surface area contributed by atoms with Gasteiger partial charge in [0, 0.05) is 18.0 Å². The predicted molar refractivity (Wildman–Crippen MR) is 87.1 cm³/mol. The van der Waals surface area contributed by atoms with E-state index >= 15 is 0 Å². The Kier molecular flexibility index (Phi) is 5.28. The maximum Gasteiger partial charge on any atom is 0.408 e. The maximum absolute atomic E-state index is 13.2. The molecule has 1 aromatic heterocycles. The maximum atomic E-state index is 13.2. The van der Waals surface area contributed by atoms with E-state index < -0.39 is 23.6 Å². The fourth-order valence-electron chi connectivity index (χ4n) is 2.06. The van der Waals surface area contributed by atoms with Gasteiger partial charge in [0.1, 0.15) is 17.5 Å². The Balaban J connectivity index is 2.29. The van der Waals surface area contributed by atoms with Gasteiger partial charge < -0.3 is 10.1 Å². The van der Waals surface area contributed by atoms with Crippen molar-refractivity contribution in [3.8, 4) is 0 Å². The van der Waals surface area contributed by atoms with Gasteiger partial charge in [-0.25, -0.2) is 9.18 Å². The summed E-state index contributed by atoms with van der Waals surface area (Å²) in [6.45, 7) is 5.17. The number of nitrogens with zero attached hydrogens (tertiary/aromatic N) is 1. The molecule has 0 bridgehead atoms. The summed E-state index contributed by atoms with van der Waals surface area (Å²) < 4.78 is 18.4. The smallest absolute Gasteiger partial charge is 0.408 e. The molecule has 0 aliphatic heterocycles. The quantitative estimate of drug-likeness (QED) is 0.869. The van der Waals surface area contributed by atoms with Gasteiger partial charge in [-0.3, -0.25) is 9.78 Å². The van der Waals surface area contributed by atoms with E-state index in [-0.39, 0.29) is 5.78 Å². The van der Waals surface area contributed by atoms with Crippen LogP contribution in [0.4, 0.5) is 9.18 Å². The summed E-state index contributed by atoms with van der Waals surface area (Å²) in [4.78, 5) is 28.7. The van der Waals surface area contributed by atoms with Crippen LogP contribution in [0.15, 0.2) is 48.8 Å². The molecule has 1 atom stereocenters. The molecule has 5 nitrogen and oxygen atoms in total. The molecule has 1 N–H and O–H groups in total. The van der Waals surface area contributed by atoms with E-state index in [1.54, 1.807) is 39.1 Å². The van der Waals surface area contributed by atoms with Crippen molar-refractivity contribution < 1.29 is 18.7 Å². The van der Waals surface area contributed by atoms with Crippen molar-refractivity contribution in [2.45, 2.75) is 32.4 Å². The van der Waals surface area contributed by atoms with E-state index in [4.69, 9.17) is 4.74 Å². The third kappa shape index (κ3) is 4.87. The van der Waals surface area contributed by atoms with E-state index in [0.717, 1.165) is 0 Å². The average molecular weight is 330 g/mol. The molecule has 0 aliphatic rings. The summed E-state index contributed by atoms with van der Waals surface area (Å²) in [7, 11) is 0. The first kappa shape index (κ1) is 17.6. The predicted octanol–water partition coefficient (Wildman–Crippen LogP) is 3.67. The first-order chi connectivity index (χ1) is 11.3. The number of ether oxygens (including phenoxy) is 1. The highest BCUT2D eigenvalue weighted by molar-refractivity contribution is 6.01. The van der Waals surface area contributed by atoms with Crippen LogP contribution in [0.1, 0.15) is 42.7 Å². The lowest BCUT2D eigenvalue weighted by Gasteiger charge is -2.23. The van der Waals surface area contributed by atoms with E-state index in [9.17, 15) is 14.0 Å². The number of hydrogen-bond acceptors (Lipinski definition) is 4. The van der Waals surface area contributed by atoms with Crippen LogP contribution in [0, 0.1) is 5.82 Å². The Hall–Kier alpha value is -2.76. The van der Waals surface area contributed by atoms with Crippen LogP contribution in [0.3, 0.4) is 0 Å². The molecule has 0 saturated heterocycles. The zero-order valence-electron chi connectivity index (χ0n) is 13.7. The van der Waals surface area contributed by atoms with Gasteiger partial charge in [0.15, 0.2) is 5.78 Å². The second kappa shape index (κ2) is 7.21. The molecule has 1 amide bonds. The summed E-state index contributed by atoms with van der Waals surface area (Å²) in [5, 5.41) is 2.55. The molecular weight excluding hydrogens is 311 g/mol. The highest BCUT2D eigenvalue weighted by Crippen LogP contribution is 2.20. The minimum atomic E-state index is -0.996. The molecule has 0 spiro atoms. The third-order valence-corrected chi connectivity index (χ3v) is 3.07. The SMILES string of the molecule is CC(C)(C)OC(=O)NC(C(=O)c1cccnc1)c1ccc(F)cc1. The van der Waals surface area contributed by atoms with Crippen LogP contribution in [0.25, 0.3) is 0 Å². The number of Topliss-reactive ketones (excluding diaryl/α,β-unsaturated/α-hetero) is 1. The van der Waals surface area contributed by atoms with Crippen molar-refractivity contribution in [2.75, 3.05) is 0 Å². The number of benzene rings is 1. The van der Waals surface area contributed by atoms with Crippen molar-refractivity contribution in [3.63, 3.8) is 0 Å². The number of carbonyl (C=O) groups excluding carboxylic acids is 2. The molecular formula is C18H19FN2O3. The van der Waals surface area contributed by atoms with Gasteiger partial charge in [0.25, 0.3) is 0 Å². The van der Waals surface area contributed by atoms with Crippen molar-refractivity contribution >= 4 is 11.9 Å². The fourth-order valence-corrected chi connectivity index (χ4v) is 2.06. The van der Waals surface area contributed by atoms with Gasteiger partial charge in [0.05, 0.1) is 0 Å². The van der Waals surface area contributed by atoms with Crippen molar-refractivity contribution in [2.24, 2.45) is 0 Å². The first-order valence-electron chi connectivity index (χ1n) is 7.45. The van der Waals surface area contributed by atoms with E-state index in [1.165, 1.54) is 30.5 Å². The van der Waals surface area contributed by atoms with Crippen LogP contribution in [-0.2, 0) is 4.74 Å². The van der Waals surface area contributed by atoms with Crippen LogP contribution in [0.2, 0.25) is 0 Å². The van der Waals surface area contributed by atoms with Crippen LogP contribution in [0.5, 0.6) is 0 Å². The first-order valence-corrected chi connectivity index (χ1v) is 7.45. The molecule has 2 aromatic rings. The third-order valence-electron chi connectivity index (χ3n) is 3.07. The number of nitrogens with one attached hydrogen (secondary N) is 1. The molecule has 2 rings (SSSR count). The molecule has 0 aliphatic carbocycles. The summed E-state index contributed by atoms with van der Waals surface area (Å²) in [6.07, 6.45) is 2.23. The lowest BCUT2D eigenvalue weighted by atomic mass is 9.98. The monoisotopic (exact) mass is 330 g/mol. The number of alkyl carbamates (subject to hydrolysis) is 1. The Bertz CT molecular complexity index is 709. The fraction of sp³-hybridized carbons (Fsp3) is 0.278. The van der Waals surface area contributed by atoms with Crippen molar-refractivity contribution in [3.05, 3.63) is 65.7 Å². The van der Waals surface area contributed by atoms with E-state index in [0.29, 0.717) is 11.1 Å². The highest BCUT2D eigenvalue weighted by atomic mass is 19.1. The second-order valence-corrected chi connectivity index (χ2v) is 6.24. The highest BCUT2D eigenvalue weighted by Gasteiger charge is 2.26. The Morgan fingerprint density at radius 3 is 2.38 bits per heavy atom.